The van der Waals surface area contributed by atoms with E-state index in [1.54, 1.807) is 17.0 Å². The summed E-state index contributed by atoms with van der Waals surface area (Å²) in [5, 5.41) is 14.3. The molecule has 0 aromatic heterocycles. The average Bonchev–Trinajstić information content (AvgIpc) is 2.45. The Morgan fingerprint density at radius 1 is 1.52 bits per heavy atom. The summed E-state index contributed by atoms with van der Waals surface area (Å²) < 4.78 is 0. The molecule has 1 aromatic carbocycles. The van der Waals surface area contributed by atoms with E-state index in [-0.39, 0.29) is 35.6 Å². The Kier molecular flexibility index (Phi) is 6.44. The summed E-state index contributed by atoms with van der Waals surface area (Å²) in [4.78, 5) is 25.6. The molecular weight excluding hydrogens is 314 g/mol. The number of hydrogen-bond donors (Lipinski definition) is 1. The molecule has 116 valence electrons. The number of nitro benzene ring substituents is 1. The Bertz CT molecular complexity index is 541. The SMILES string of the molecule is CSc1ccc([N+](=O)[O-])c(C(=O)N2CCNC(C)C2)c1.Cl. The fourth-order valence-corrected chi connectivity index (χ4v) is 2.70. The quantitative estimate of drug-likeness (QED) is 0.522. The Labute approximate surface area is 133 Å². The summed E-state index contributed by atoms with van der Waals surface area (Å²) in [5.74, 6) is -0.263. The van der Waals surface area contributed by atoms with Gasteiger partial charge in [-0.1, -0.05) is 0 Å². The first-order valence-corrected chi connectivity index (χ1v) is 7.60. The third-order valence-corrected chi connectivity index (χ3v) is 4.01. The largest absolute Gasteiger partial charge is 0.336 e. The van der Waals surface area contributed by atoms with E-state index in [9.17, 15) is 14.9 Å². The Morgan fingerprint density at radius 2 is 2.24 bits per heavy atom. The van der Waals surface area contributed by atoms with Gasteiger partial charge in [-0.2, -0.15) is 0 Å². The number of benzene rings is 1. The van der Waals surface area contributed by atoms with Crippen LogP contribution in [-0.2, 0) is 0 Å². The van der Waals surface area contributed by atoms with Gasteiger partial charge in [-0.25, -0.2) is 0 Å². The monoisotopic (exact) mass is 331 g/mol. The molecule has 0 bridgehead atoms. The van der Waals surface area contributed by atoms with E-state index >= 15 is 0 Å². The zero-order valence-electron chi connectivity index (χ0n) is 11.9. The molecule has 8 heteroatoms. The summed E-state index contributed by atoms with van der Waals surface area (Å²) in [6, 6.07) is 4.89. The van der Waals surface area contributed by atoms with Crippen molar-refractivity contribution in [2.75, 3.05) is 25.9 Å². The molecule has 6 nitrogen and oxygen atoms in total. The van der Waals surface area contributed by atoms with E-state index in [2.05, 4.69) is 5.32 Å². The van der Waals surface area contributed by atoms with Gasteiger partial charge in [0, 0.05) is 36.6 Å². The highest BCUT2D eigenvalue weighted by Gasteiger charge is 2.27. The molecule has 2 rings (SSSR count). The minimum atomic E-state index is -0.497. The van der Waals surface area contributed by atoms with Crippen molar-refractivity contribution in [3.63, 3.8) is 0 Å². The van der Waals surface area contributed by atoms with Gasteiger partial charge in [0.25, 0.3) is 11.6 Å². The maximum Gasteiger partial charge on any atom is 0.282 e. The molecule has 1 fully saturated rings. The number of amides is 1. The van der Waals surface area contributed by atoms with Crippen molar-refractivity contribution in [3.8, 4) is 0 Å². The molecule has 1 N–H and O–H groups in total. The Morgan fingerprint density at radius 3 is 2.81 bits per heavy atom. The summed E-state index contributed by atoms with van der Waals surface area (Å²) in [6.07, 6.45) is 1.88. The lowest BCUT2D eigenvalue weighted by Crippen LogP contribution is -2.51. The second-order valence-corrected chi connectivity index (χ2v) is 5.63. The predicted octanol–water partition coefficient (Wildman–Crippen LogP) is 2.17. The third-order valence-electron chi connectivity index (χ3n) is 3.29. The van der Waals surface area contributed by atoms with Gasteiger partial charge in [0.1, 0.15) is 5.56 Å². The number of nitrogens with one attached hydrogen (secondary N) is 1. The van der Waals surface area contributed by atoms with E-state index in [0.717, 1.165) is 4.90 Å². The first-order chi connectivity index (χ1) is 9.52. The van der Waals surface area contributed by atoms with Crippen LogP contribution in [0.2, 0.25) is 0 Å². The van der Waals surface area contributed by atoms with E-state index in [0.29, 0.717) is 19.6 Å². The van der Waals surface area contributed by atoms with Gasteiger partial charge < -0.3 is 10.2 Å². The molecule has 0 spiro atoms. The standard InChI is InChI=1S/C13H17N3O3S.ClH/c1-9-8-15(6-5-14-9)13(17)11-7-10(20-2)3-4-12(11)16(18)19;/h3-4,7,9,14H,5-6,8H2,1-2H3;1H. The molecule has 1 heterocycles. The third kappa shape index (κ3) is 4.09. The maximum atomic E-state index is 12.5. The molecule has 1 saturated heterocycles. The van der Waals surface area contributed by atoms with Crippen LogP contribution in [0.4, 0.5) is 5.69 Å². The highest BCUT2D eigenvalue weighted by atomic mass is 35.5. The molecule has 1 aliphatic heterocycles. The molecule has 0 aliphatic carbocycles. The van der Waals surface area contributed by atoms with Crippen LogP contribution in [0.1, 0.15) is 17.3 Å². The number of nitro groups is 1. The van der Waals surface area contributed by atoms with Crippen LogP contribution in [0.25, 0.3) is 0 Å². The van der Waals surface area contributed by atoms with Gasteiger partial charge in [0.05, 0.1) is 4.92 Å². The molecular formula is C13H18ClN3O3S. The summed E-state index contributed by atoms with van der Waals surface area (Å²) in [5.41, 5.74) is 0.0509. The van der Waals surface area contributed by atoms with Gasteiger partial charge >= 0.3 is 0 Å². The number of piperazine rings is 1. The van der Waals surface area contributed by atoms with Crippen molar-refractivity contribution in [2.24, 2.45) is 0 Å². The van der Waals surface area contributed by atoms with Crippen LogP contribution in [-0.4, -0.2) is 47.7 Å². The van der Waals surface area contributed by atoms with Crippen molar-refractivity contribution in [1.29, 1.82) is 0 Å². The topological polar surface area (TPSA) is 75.5 Å². The second-order valence-electron chi connectivity index (χ2n) is 4.75. The smallest absolute Gasteiger partial charge is 0.282 e. The fourth-order valence-electron chi connectivity index (χ4n) is 2.26. The van der Waals surface area contributed by atoms with E-state index < -0.39 is 4.92 Å². The van der Waals surface area contributed by atoms with E-state index in [1.807, 2.05) is 13.2 Å². The van der Waals surface area contributed by atoms with Crippen molar-refractivity contribution in [1.82, 2.24) is 10.2 Å². The van der Waals surface area contributed by atoms with E-state index in [1.165, 1.54) is 17.8 Å². The molecule has 1 aromatic rings. The van der Waals surface area contributed by atoms with Gasteiger partial charge in [-0.05, 0) is 25.3 Å². The van der Waals surface area contributed by atoms with Crippen LogP contribution in [0, 0.1) is 10.1 Å². The number of nitrogens with zero attached hydrogens (tertiary/aromatic N) is 2. The zero-order chi connectivity index (χ0) is 14.7. The molecule has 1 aliphatic rings. The number of thioether (sulfide) groups is 1. The van der Waals surface area contributed by atoms with Crippen molar-refractivity contribution in [2.45, 2.75) is 17.9 Å². The number of halogens is 1. The summed E-state index contributed by atoms with van der Waals surface area (Å²) >= 11 is 1.46. The molecule has 0 radical (unpaired) electrons. The van der Waals surface area contributed by atoms with Crippen LogP contribution in [0.5, 0.6) is 0 Å². The van der Waals surface area contributed by atoms with Gasteiger partial charge in [0.15, 0.2) is 0 Å². The highest BCUT2D eigenvalue weighted by molar-refractivity contribution is 7.98. The summed E-state index contributed by atoms with van der Waals surface area (Å²) in [7, 11) is 0. The Hall–Kier alpha value is -1.31. The minimum Gasteiger partial charge on any atom is -0.336 e. The van der Waals surface area contributed by atoms with Gasteiger partial charge in [0.2, 0.25) is 0 Å². The van der Waals surface area contributed by atoms with Crippen molar-refractivity contribution < 1.29 is 9.72 Å². The Balaban J connectivity index is 0.00000220. The lowest BCUT2D eigenvalue weighted by Gasteiger charge is -2.31. The fraction of sp³-hybridized carbons (Fsp3) is 0.462. The molecule has 21 heavy (non-hydrogen) atoms. The van der Waals surface area contributed by atoms with Crippen LogP contribution < -0.4 is 5.32 Å². The summed E-state index contributed by atoms with van der Waals surface area (Å²) in [6.45, 7) is 3.85. The van der Waals surface area contributed by atoms with Crippen LogP contribution >= 0.6 is 24.2 Å². The number of carbonyl (C=O) groups excluding carboxylic acids is 1. The zero-order valence-corrected chi connectivity index (χ0v) is 13.5. The van der Waals surface area contributed by atoms with E-state index in [4.69, 9.17) is 0 Å². The average molecular weight is 332 g/mol. The van der Waals surface area contributed by atoms with Gasteiger partial charge in [-0.3, -0.25) is 14.9 Å². The molecule has 1 amide bonds. The number of rotatable bonds is 3. The minimum absolute atomic E-state index is 0. The van der Waals surface area contributed by atoms with Crippen LogP contribution in [0.3, 0.4) is 0 Å². The van der Waals surface area contributed by atoms with Crippen molar-refractivity contribution >= 4 is 35.8 Å². The van der Waals surface area contributed by atoms with Gasteiger partial charge in [-0.15, -0.1) is 24.2 Å². The number of hydrogen-bond acceptors (Lipinski definition) is 5. The maximum absolute atomic E-state index is 12.5. The lowest BCUT2D eigenvalue weighted by atomic mass is 10.1. The van der Waals surface area contributed by atoms with Crippen LogP contribution in [0.15, 0.2) is 23.1 Å². The lowest BCUT2D eigenvalue weighted by molar-refractivity contribution is -0.385. The molecule has 1 unspecified atom stereocenters. The molecule has 0 saturated carbocycles. The van der Waals surface area contributed by atoms with Crippen molar-refractivity contribution in [3.05, 3.63) is 33.9 Å². The second kappa shape index (κ2) is 7.63. The first-order valence-electron chi connectivity index (χ1n) is 6.38. The normalized spacial score (nSPS) is 18.0. The first kappa shape index (κ1) is 17.7. The number of carbonyl (C=O) groups is 1. The predicted molar refractivity (Wildman–Crippen MR) is 85.5 cm³/mol. The highest BCUT2D eigenvalue weighted by Crippen LogP contribution is 2.26. The molecule has 1 atom stereocenters.